The summed E-state index contributed by atoms with van der Waals surface area (Å²) in [5.41, 5.74) is 0.471. The molecule has 0 unspecified atom stereocenters. The fourth-order valence-corrected chi connectivity index (χ4v) is 1.31. The maximum atomic E-state index is 11.4. The first-order valence-corrected chi connectivity index (χ1v) is 6.22. The molecule has 0 fully saturated rings. The molecule has 0 atom stereocenters. The number of carbonyl (C=O) groups is 3. The van der Waals surface area contributed by atoms with Gasteiger partial charge in [-0.15, -0.1) is 0 Å². The second-order valence-corrected chi connectivity index (χ2v) is 3.83. The quantitative estimate of drug-likeness (QED) is 0.545. The van der Waals surface area contributed by atoms with Gasteiger partial charge >= 0.3 is 18.2 Å². The van der Waals surface area contributed by atoms with Crippen LogP contribution in [0.3, 0.4) is 0 Å². The van der Waals surface area contributed by atoms with Crippen molar-refractivity contribution in [1.29, 1.82) is 0 Å². The molecule has 3 N–H and O–H groups in total. The molecular formula is C13H16N2O6. The second-order valence-electron chi connectivity index (χ2n) is 3.83. The lowest BCUT2D eigenvalue weighted by Gasteiger charge is -2.08. The number of nitrogens with one attached hydrogen (secondary N) is 2. The first-order valence-electron chi connectivity index (χ1n) is 6.22. The number of benzene rings is 1. The van der Waals surface area contributed by atoms with Crippen LogP contribution in [-0.2, 0) is 9.53 Å². The van der Waals surface area contributed by atoms with Gasteiger partial charge in [0.25, 0.3) is 0 Å². The van der Waals surface area contributed by atoms with Gasteiger partial charge in [-0.3, -0.25) is 4.79 Å². The lowest BCUT2D eigenvalue weighted by molar-refractivity contribution is -0.136. The average Bonchev–Trinajstić information content (AvgIpc) is 2.41. The highest BCUT2D eigenvalue weighted by Gasteiger charge is 2.06. The minimum absolute atomic E-state index is 0.0330. The topological polar surface area (TPSA) is 114 Å². The van der Waals surface area contributed by atoms with Crippen molar-refractivity contribution < 1.29 is 29.0 Å². The van der Waals surface area contributed by atoms with Gasteiger partial charge in [0.1, 0.15) is 5.75 Å². The predicted octanol–water partition coefficient (Wildman–Crippen LogP) is 1.82. The van der Waals surface area contributed by atoms with E-state index in [2.05, 4.69) is 15.4 Å². The van der Waals surface area contributed by atoms with Crippen LogP contribution in [0.2, 0.25) is 0 Å². The van der Waals surface area contributed by atoms with Crippen molar-refractivity contribution in [2.45, 2.75) is 13.3 Å². The normalized spacial score (nSPS) is 9.57. The van der Waals surface area contributed by atoms with E-state index in [-0.39, 0.29) is 25.3 Å². The number of ether oxygens (including phenoxy) is 2. The molecule has 114 valence electrons. The molecule has 0 saturated heterocycles. The zero-order valence-corrected chi connectivity index (χ0v) is 11.4. The van der Waals surface area contributed by atoms with Gasteiger partial charge in [-0.25, -0.2) is 9.59 Å². The highest BCUT2D eigenvalue weighted by atomic mass is 16.7. The van der Waals surface area contributed by atoms with Crippen LogP contribution in [0.15, 0.2) is 24.3 Å². The number of carboxylic acid groups (broad SMARTS) is 1. The zero-order valence-electron chi connectivity index (χ0n) is 11.4. The van der Waals surface area contributed by atoms with E-state index in [0.29, 0.717) is 5.69 Å². The minimum Gasteiger partial charge on any atom is -0.481 e. The van der Waals surface area contributed by atoms with Gasteiger partial charge in [0.2, 0.25) is 0 Å². The second kappa shape index (κ2) is 8.41. The van der Waals surface area contributed by atoms with E-state index in [1.807, 2.05) is 0 Å². The molecule has 0 saturated carbocycles. The predicted molar refractivity (Wildman–Crippen MR) is 73.4 cm³/mol. The van der Waals surface area contributed by atoms with Crippen molar-refractivity contribution in [2.24, 2.45) is 0 Å². The van der Waals surface area contributed by atoms with Crippen LogP contribution in [0.4, 0.5) is 15.3 Å². The minimum atomic E-state index is -0.990. The third kappa shape index (κ3) is 6.81. The maximum Gasteiger partial charge on any atom is 0.513 e. The van der Waals surface area contributed by atoms with Gasteiger partial charge < -0.3 is 25.2 Å². The summed E-state index contributed by atoms with van der Waals surface area (Å²) in [5.74, 6) is -0.707. The molecule has 0 aliphatic rings. The van der Waals surface area contributed by atoms with Gasteiger partial charge in [0.05, 0.1) is 13.0 Å². The van der Waals surface area contributed by atoms with Gasteiger partial charge in [0, 0.05) is 12.2 Å². The van der Waals surface area contributed by atoms with Crippen molar-refractivity contribution in [3.05, 3.63) is 24.3 Å². The Labute approximate surface area is 121 Å². The number of hydrogen-bond donors (Lipinski definition) is 3. The number of urea groups is 1. The van der Waals surface area contributed by atoms with E-state index < -0.39 is 18.2 Å². The van der Waals surface area contributed by atoms with Crippen LogP contribution in [0.25, 0.3) is 0 Å². The molecule has 0 aliphatic carbocycles. The van der Waals surface area contributed by atoms with Crippen LogP contribution in [-0.4, -0.2) is 36.4 Å². The molecule has 0 bridgehead atoms. The number of aliphatic carboxylic acids is 1. The van der Waals surface area contributed by atoms with Crippen molar-refractivity contribution in [3.8, 4) is 5.75 Å². The van der Waals surface area contributed by atoms with Crippen molar-refractivity contribution >= 4 is 23.8 Å². The standard InChI is InChI=1S/C13H16N2O6/c1-2-20-13(19)21-10-5-3-9(4-6-10)15-12(18)14-8-7-11(16)17/h3-6H,2,7-8H2,1H3,(H,16,17)(H2,14,15,18). The summed E-state index contributed by atoms with van der Waals surface area (Å²) in [6.07, 6.45) is -0.954. The summed E-state index contributed by atoms with van der Waals surface area (Å²) in [6, 6.07) is 5.53. The zero-order chi connectivity index (χ0) is 15.7. The van der Waals surface area contributed by atoms with Crippen LogP contribution < -0.4 is 15.4 Å². The van der Waals surface area contributed by atoms with E-state index >= 15 is 0 Å². The fraction of sp³-hybridized carbons (Fsp3) is 0.308. The number of anilines is 1. The largest absolute Gasteiger partial charge is 0.513 e. The molecule has 1 rings (SSSR count). The third-order valence-electron chi connectivity index (χ3n) is 2.20. The van der Waals surface area contributed by atoms with Gasteiger partial charge in [-0.05, 0) is 31.2 Å². The number of carboxylic acids is 1. The lowest BCUT2D eigenvalue weighted by atomic mass is 10.3. The van der Waals surface area contributed by atoms with Gasteiger partial charge in [-0.2, -0.15) is 0 Å². The summed E-state index contributed by atoms with van der Waals surface area (Å²) in [5, 5.41) is 13.3. The summed E-state index contributed by atoms with van der Waals surface area (Å²) >= 11 is 0. The molecule has 0 aromatic heterocycles. The Kier molecular flexibility index (Phi) is 6.52. The van der Waals surface area contributed by atoms with Crippen molar-refractivity contribution in [1.82, 2.24) is 5.32 Å². The van der Waals surface area contributed by atoms with E-state index in [1.54, 1.807) is 6.92 Å². The van der Waals surface area contributed by atoms with Crippen LogP contribution in [0.5, 0.6) is 5.75 Å². The van der Waals surface area contributed by atoms with Crippen molar-refractivity contribution in [2.75, 3.05) is 18.5 Å². The Morgan fingerprint density at radius 1 is 1.19 bits per heavy atom. The molecule has 21 heavy (non-hydrogen) atoms. The Balaban J connectivity index is 2.41. The van der Waals surface area contributed by atoms with E-state index in [1.165, 1.54) is 24.3 Å². The van der Waals surface area contributed by atoms with Crippen LogP contribution in [0.1, 0.15) is 13.3 Å². The van der Waals surface area contributed by atoms with Crippen molar-refractivity contribution in [3.63, 3.8) is 0 Å². The summed E-state index contributed by atoms with van der Waals surface area (Å²) in [4.78, 5) is 32.8. The molecule has 2 amide bonds. The first-order chi connectivity index (χ1) is 10.0. The SMILES string of the molecule is CCOC(=O)Oc1ccc(NC(=O)NCCC(=O)O)cc1. The molecule has 8 nitrogen and oxygen atoms in total. The van der Waals surface area contributed by atoms with Crippen LogP contribution >= 0.6 is 0 Å². The fourth-order valence-electron chi connectivity index (χ4n) is 1.31. The first kappa shape index (κ1) is 16.3. The number of hydrogen-bond acceptors (Lipinski definition) is 5. The maximum absolute atomic E-state index is 11.4. The summed E-state index contributed by atoms with van der Waals surface area (Å²) < 4.78 is 9.47. The van der Waals surface area contributed by atoms with Gasteiger partial charge in [0.15, 0.2) is 0 Å². The lowest BCUT2D eigenvalue weighted by Crippen LogP contribution is -2.30. The highest BCUT2D eigenvalue weighted by Crippen LogP contribution is 2.16. The van der Waals surface area contributed by atoms with E-state index in [9.17, 15) is 14.4 Å². The number of rotatable bonds is 6. The Hall–Kier alpha value is -2.77. The molecule has 1 aromatic carbocycles. The molecule has 1 aromatic rings. The number of amides is 2. The van der Waals surface area contributed by atoms with E-state index in [0.717, 1.165) is 0 Å². The van der Waals surface area contributed by atoms with Crippen LogP contribution in [0, 0.1) is 0 Å². The average molecular weight is 296 g/mol. The van der Waals surface area contributed by atoms with E-state index in [4.69, 9.17) is 9.84 Å². The molecule has 0 heterocycles. The Bertz CT molecular complexity index is 500. The Morgan fingerprint density at radius 3 is 2.43 bits per heavy atom. The summed E-state index contributed by atoms with van der Waals surface area (Å²) in [6.45, 7) is 1.91. The molecule has 0 spiro atoms. The monoisotopic (exact) mass is 296 g/mol. The number of carbonyl (C=O) groups excluding carboxylic acids is 2. The molecule has 8 heteroatoms. The molecule has 0 aliphatic heterocycles. The van der Waals surface area contributed by atoms with Gasteiger partial charge in [-0.1, -0.05) is 0 Å². The molecule has 0 radical (unpaired) electrons. The molecular weight excluding hydrogens is 280 g/mol. The smallest absolute Gasteiger partial charge is 0.481 e. The Morgan fingerprint density at radius 2 is 1.86 bits per heavy atom. The third-order valence-corrected chi connectivity index (χ3v) is 2.20. The summed E-state index contributed by atoms with van der Waals surface area (Å²) in [7, 11) is 0. The highest BCUT2D eigenvalue weighted by molar-refractivity contribution is 5.89.